The van der Waals surface area contributed by atoms with Gasteiger partial charge in [-0.2, -0.15) is 23.2 Å². The van der Waals surface area contributed by atoms with Crippen molar-refractivity contribution >= 4 is 18.5 Å². The molecule has 1 heterocycles. The van der Waals surface area contributed by atoms with Gasteiger partial charge in [-0.1, -0.05) is 12.2 Å². The van der Waals surface area contributed by atoms with E-state index in [1.807, 2.05) is 66.7 Å². The molecule has 2 aliphatic rings. The summed E-state index contributed by atoms with van der Waals surface area (Å²) in [6.45, 7) is 0. The molecule has 0 bridgehead atoms. The molecule has 8 heteroatoms. The van der Waals surface area contributed by atoms with E-state index in [1.54, 1.807) is 19.3 Å². The molecule has 0 saturated carbocycles. The predicted molar refractivity (Wildman–Crippen MR) is 110 cm³/mol. The Kier molecular flexibility index (Phi) is 7.90. The van der Waals surface area contributed by atoms with Gasteiger partial charge in [0.25, 0.3) is 0 Å². The molecule has 2 aromatic rings. The fourth-order valence-electron chi connectivity index (χ4n) is 2.51. The zero-order valence-corrected chi connectivity index (χ0v) is 17.2. The zero-order valence-electron chi connectivity index (χ0n) is 15.2. The van der Waals surface area contributed by atoms with Gasteiger partial charge in [-0.25, -0.2) is 18.0 Å². The van der Waals surface area contributed by atoms with E-state index >= 15 is 0 Å². The summed E-state index contributed by atoms with van der Waals surface area (Å²) in [7, 11) is 1.61. The Labute approximate surface area is 180 Å². The SMILES string of the molecule is COc1ccc(C2=NN(C(O)=C3C=CC=C3)C(S)N2N)cc1.[Fe].c1cc[cH-]c1. The van der Waals surface area contributed by atoms with Crippen molar-refractivity contribution in [3.8, 4) is 5.75 Å². The average molecular weight is 437 g/mol. The van der Waals surface area contributed by atoms with Crippen molar-refractivity contribution in [1.82, 2.24) is 10.0 Å². The van der Waals surface area contributed by atoms with Gasteiger partial charge in [0.05, 0.1) is 7.11 Å². The second-order valence-electron chi connectivity index (χ2n) is 5.71. The van der Waals surface area contributed by atoms with Crippen LogP contribution in [0.3, 0.4) is 0 Å². The second-order valence-corrected chi connectivity index (χ2v) is 6.17. The largest absolute Gasteiger partial charge is 0.497 e. The quantitative estimate of drug-likeness (QED) is 0.226. The van der Waals surface area contributed by atoms with Crippen LogP contribution in [0.4, 0.5) is 0 Å². The van der Waals surface area contributed by atoms with Gasteiger partial charge in [-0.15, -0.1) is 17.7 Å². The maximum absolute atomic E-state index is 10.3. The van der Waals surface area contributed by atoms with Crippen molar-refractivity contribution in [1.29, 1.82) is 0 Å². The number of hydrazine groups is 1. The third kappa shape index (κ3) is 4.85. The van der Waals surface area contributed by atoms with E-state index in [-0.39, 0.29) is 23.0 Å². The van der Waals surface area contributed by atoms with E-state index in [0.717, 1.165) is 11.3 Å². The predicted octanol–water partition coefficient (Wildman–Crippen LogP) is 3.36. The molecule has 0 spiro atoms. The van der Waals surface area contributed by atoms with Gasteiger partial charge in [-0.3, -0.25) is 5.01 Å². The number of rotatable bonds is 3. The van der Waals surface area contributed by atoms with E-state index in [0.29, 0.717) is 11.4 Å². The van der Waals surface area contributed by atoms with Crippen molar-refractivity contribution in [3.63, 3.8) is 0 Å². The molecule has 0 radical (unpaired) electrons. The van der Waals surface area contributed by atoms with Gasteiger partial charge in [0, 0.05) is 28.2 Å². The number of hydrogen-bond donors (Lipinski definition) is 3. The van der Waals surface area contributed by atoms with E-state index in [9.17, 15) is 5.11 Å². The number of benzene rings is 1. The Morgan fingerprint density at radius 2 is 1.79 bits per heavy atom. The summed E-state index contributed by atoms with van der Waals surface area (Å²) in [4.78, 5) is 0. The molecule has 0 fully saturated rings. The Balaban J connectivity index is 0.000000408. The van der Waals surface area contributed by atoms with Crippen LogP contribution in [0, 0.1) is 0 Å². The van der Waals surface area contributed by atoms with Gasteiger partial charge < -0.3 is 9.84 Å². The summed E-state index contributed by atoms with van der Waals surface area (Å²) in [6, 6.07) is 17.3. The van der Waals surface area contributed by atoms with Crippen LogP contribution in [0.5, 0.6) is 5.75 Å². The topological polar surface area (TPSA) is 74.3 Å². The smallest absolute Gasteiger partial charge is 0.217 e. The maximum atomic E-state index is 10.3. The molecule has 4 rings (SSSR count). The first-order valence-corrected chi connectivity index (χ1v) is 8.82. The molecule has 0 amide bonds. The summed E-state index contributed by atoms with van der Waals surface area (Å²) >= 11 is 4.41. The molecule has 6 nitrogen and oxygen atoms in total. The van der Waals surface area contributed by atoms with Crippen LogP contribution in [-0.2, 0) is 17.1 Å². The van der Waals surface area contributed by atoms with E-state index < -0.39 is 5.50 Å². The van der Waals surface area contributed by atoms with E-state index in [4.69, 9.17) is 10.6 Å². The molecule has 3 N–H and O–H groups in total. The molecule has 2 aromatic carbocycles. The van der Waals surface area contributed by atoms with Crippen LogP contribution >= 0.6 is 12.6 Å². The number of nitrogens with zero attached hydrogens (tertiary/aromatic N) is 3. The molecule has 1 aliphatic heterocycles. The number of amidine groups is 1. The Morgan fingerprint density at radius 1 is 1.18 bits per heavy atom. The van der Waals surface area contributed by atoms with Gasteiger partial charge in [0.1, 0.15) is 5.75 Å². The minimum absolute atomic E-state index is 0. The van der Waals surface area contributed by atoms with Crippen LogP contribution in [0.25, 0.3) is 0 Å². The monoisotopic (exact) mass is 437 g/mol. The minimum atomic E-state index is -0.591. The third-order valence-electron chi connectivity index (χ3n) is 3.96. The van der Waals surface area contributed by atoms with Crippen LogP contribution in [0.15, 0.2) is 95.5 Å². The van der Waals surface area contributed by atoms with Crippen molar-refractivity contribution < 1.29 is 26.9 Å². The molecule has 0 aromatic heterocycles. The summed E-state index contributed by atoms with van der Waals surface area (Å²) in [6.07, 6.45) is 7.25. The third-order valence-corrected chi connectivity index (χ3v) is 4.42. The fourth-order valence-corrected chi connectivity index (χ4v) is 2.78. The number of nitrogens with two attached hydrogens (primary N) is 1. The first kappa shape index (κ1) is 21.8. The fraction of sp³-hybridized carbons (Fsp3) is 0.100. The van der Waals surface area contributed by atoms with Crippen LogP contribution in [-0.4, -0.2) is 33.6 Å². The first-order chi connectivity index (χ1) is 13.1. The molecule has 148 valence electrons. The first-order valence-electron chi connectivity index (χ1n) is 8.30. The molecule has 28 heavy (non-hydrogen) atoms. The number of hydrazone groups is 1. The summed E-state index contributed by atoms with van der Waals surface area (Å²) in [5.41, 5.74) is 0.874. The molecule has 1 atom stereocenters. The van der Waals surface area contributed by atoms with Gasteiger partial charge in [0.15, 0.2) is 11.3 Å². The van der Waals surface area contributed by atoms with Gasteiger partial charge in [0.2, 0.25) is 5.88 Å². The number of ether oxygens (including phenoxy) is 1. The van der Waals surface area contributed by atoms with Crippen molar-refractivity contribution in [2.45, 2.75) is 5.50 Å². The normalized spacial score (nSPS) is 17.0. The second kappa shape index (κ2) is 10.1. The molecule has 1 unspecified atom stereocenters. The minimum Gasteiger partial charge on any atom is -0.497 e. The molecular formula is C20H21FeN4O2S-. The van der Waals surface area contributed by atoms with Crippen molar-refractivity contribution in [2.24, 2.45) is 10.9 Å². The van der Waals surface area contributed by atoms with Crippen LogP contribution in [0.1, 0.15) is 5.56 Å². The van der Waals surface area contributed by atoms with E-state index in [2.05, 4.69) is 17.7 Å². The maximum Gasteiger partial charge on any atom is 0.217 e. The van der Waals surface area contributed by atoms with Crippen LogP contribution in [0.2, 0.25) is 0 Å². The zero-order chi connectivity index (χ0) is 19.2. The average Bonchev–Trinajstić information content (AvgIpc) is 3.47. The number of aliphatic hydroxyl groups is 1. The number of methoxy groups -OCH3 is 1. The molecular weight excluding hydrogens is 416 g/mol. The van der Waals surface area contributed by atoms with Gasteiger partial charge >= 0.3 is 0 Å². The Bertz CT molecular complexity index is 845. The standard InChI is InChI=1S/C15H16N4O2S.C5H5.Fe/c1-21-12-8-6-10(7-9-12)13-17-19(15(22)18(13)16)14(20)11-4-2-3-5-11;1-2-4-5-3-1;/h2-9,15,20,22H,16H2,1H3;1-5H;/q;-1;. The number of hydrogen-bond acceptors (Lipinski definition) is 7. The molecule has 0 saturated heterocycles. The van der Waals surface area contributed by atoms with Crippen LogP contribution < -0.4 is 10.6 Å². The summed E-state index contributed by atoms with van der Waals surface area (Å²) in [5.74, 6) is 7.30. The van der Waals surface area contributed by atoms with Gasteiger partial charge in [-0.05, 0) is 36.4 Å². The number of allylic oxidation sites excluding steroid dienone is 5. The summed E-state index contributed by atoms with van der Waals surface area (Å²) in [5, 5.41) is 17.5. The summed E-state index contributed by atoms with van der Waals surface area (Å²) < 4.78 is 5.13. The number of aliphatic hydroxyl groups excluding tert-OH is 1. The Hall–Kier alpha value is -2.51. The van der Waals surface area contributed by atoms with Crippen molar-refractivity contribution in [3.05, 3.63) is 95.9 Å². The molecule has 1 aliphatic carbocycles. The number of thiol groups is 1. The van der Waals surface area contributed by atoms with E-state index in [1.165, 1.54) is 10.0 Å². The van der Waals surface area contributed by atoms with Crippen molar-refractivity contribution in [2.75, 3.05) is 7.11 Å². The Morgan fingerprint density at radius 3 is 2.29 bits per heavy atom.